The third-order valence-corrected chi connectivity index (χ3v) is 2.82. The summed E-state index contributed by atoms with van der Waals surface area (Å²) in [6, 6.07) is 3.12. The Morgan fingerprint density at radius 1 is 1.50 bits per heavy atom. The molecule has 0 bridgehead atoms. The average Bonchev–Trinajstić information content (AvgIpc) is 2.75. The molecule has 0 radical (unpaired) electrons. The van der Waals surface area contributed by atoms with Gasteiger partial charge in [0.25, 0.3) is 0 Å². The Morgan fingerprint density at radius 3 is 3.06 bits per heavy atom. The zero-order valence-corrected chi connectivity index (χ0v) is 10.4. The summed E-state index contributed by atoms with van der Waals surface area (Å²) in [6.45, 7) is 2.67. The molecule has 1 atom stereocenters. The summed E-state index contributed by atoms with van der Waals surface area (Å²) in [4.78, 5) is 4.27. The Hall–Kier alpha value is -1.69. The second-order valence-corrected chi connectivity index (χ2v) is 4.30. The molecule has 6 heteroatoms. The molecule has 0 amide bonds. The van der Waals surface area contributed by atoms with Gasteiger partial charge in [0.1, 0.15) is 5.82 Å². The fourth-order valence-corrected chi connectivity index (χ4v) is 1.80. The van der Waals surface area contributed by atoms with Crippen LogP contribution in [0.3, 0.4) is 0 Å². The van der Waals surface area contributed by atoms with Crippen molar-refractivity contribution in [3.63, 3.8) is 0 Å². The third kappa shape index (κ3) is 2.95. The van der Waals surface area contributed by atoms with Crippen LogP contribution < -0.4 is 11.1 Å². The van der Waals surface area contributed by atoms with Crippen molar-refractivity contribution in [2.24, 2.45) is 5.73 Å². The van der Waals surface area contributed by atoms with Crippen molar-refractivity contribution < 1.29 is 4.39 Å². The maximum atomic E-state index is 13.0. The van der Waals surface area contributed by atoms with Crippen LogP contribution in [0, 0.1) is 5.82 Å². The van der Waals surface area contributed by atoms with Crippen LogP contribution in [0.1, 0.15) is 26.2 Å². The van der Waals surface area contributed by atoms with Crippen molar-refractivity contribution in [1.82, 2.24) is 14.6 Å². The molecule has 0 aromatic carbocycles. The highest BCUT2D eigenvalue weighted by atomic mass is 19.1. The van der Waals surface area contributed by atoms with Crippen LogP contribution in [0.25, 0.3) is 5.65 Å². The van der Waals surface area contributed by atoms with Gasteiger partial charge in [0, 0.05) is 12.6 Å². The SMILES string of the molecule is CCCCC(CN)Nc1nc2ccc(F)cn2n1. The highest BCUT2D eigenvalue weighted by Crippen LogP contribution is 2.10. The van der Waals surface area contributed by atoms with Crippen LogP contribution in [0.15, 0.2) is 18.3 Å². The minimum absolute atomic E-state index is 0.159. The van der Waals surface area contributed by atoms with Crippen LogP contribution in [0.2, 0.25) is 0 Å². The number of fused-ring (bicyclic) bond motifs is 1. The molecule has 2 aromatic rings. The lowest BCUT2D eigenvalue weighted by molar-refractivity contribution is 0.607. The van der Waals surface area contributed by atoms with Gasteiger partial charge in [0.15, 0.2) is 5.65 Å². The molecule has 0 aliphatic rings. The predicted octanol–water partition coefficient (Wildman–Crippen LogP) is 1.80. The first-order valence-corrected chi connectivity index (χ1v) is 6.21. The van der Waals surface area contributed by atoms with Gasteiger partial charge < -0.3 is 11.1 Å². The van der Waals surface area contributed by atoms with Gasteiger partial charge in [-0.15, -0.1) is 5.10 Å². The maximum Gasteiger partial charge on any atom is 0.243 e. The molecular formula is C12H18FN5. The number of halogens is 1. The van der Waals surface area contributed by atoms with Gasteiger partial charge in [-0.3, -0.25) is 0 Å². The van der Waals surface area contributed by atoms with Gasteiger partial charge in [-0.1, -0.05) is 19.8 Å². The van der Waals surface area contributed by atoms with Crippen molar-refractivity contribution in [3.05, 3.63) is 24.1 Å². The zero-order valence-electron chi connectivity index (χ0n) is 10.4. The Bertz CT molecular complexity index is 510. The lowest BCUT2D eigenvalue weighted by Crippen LogP contribution is -2.29. The largest absolute Gasteiger partial charge is 0.349 e. The second-order valence-electron chi connectivity index (χ2n) is 4.30. The van der Waals surface area contributed by atoms with Crippen LogP contribution in [-0.2, 0) is 0 Å². The second kappa shape index (κ2) is 5.77. The number of nitrogens with one attached hydrogen (secondary N) is 1. The van der Waals surface area contributed by atoms with E-state index in [-0.39, 0.29) is 11.9 Å². The van der Waals surface area contributed by atoms with Gasteiger partial charge in [-0.2, -0.15) is 4.98 Å². The van der Waals surface area contributed by atoms with Crippen molar-refractivity contribution in [2.75, 3.05) is 11.9 Å². The van der Waals surface area contributed by atoms with Crippen LogP contribution in [-0.4, -0.2) is 27.2 Å². The maximum absolute atomic E-state index is 13.0. The van der Waals surface area contributed by atoms with Crippen LogP contribution in [0.5, 0.6) is 0 Å². The molecule has 3 N–H and O–H groups in total. The van der Waals surface area contributed by atoms with Gasteiger partial charge in [0.2, 0.25) is 5.95 Å². The molecule has 0 saturated heterocycles. The van der Waals surface area contributed by atoms with Crippen molar-refractivity contribution >= 4 is 11.6 Å². The van der Waals surface area contributed by atoms with Gasteiger partial charge >= 0.3 is 0 Å². The number of anilines is 1. The number of nitrogens with zero attached hydrogens (tertiary/aromatic N) is 3. The molecule has 98 valence electrons. The molecule has 0 aliphatic heterocycles. The van der Waals surface area contributed by atoms with Crippen molar-refractivity contribution in [1.29, 1.82) is 0 Å². The first-order chi connectivity index (χ1) is 8.72. The summed E-state index contributed by atoms with van der Waals surface area (Å²) in [5.41, 5.74) is 6.31. The van der Waals surface area contributed by atoms with E-state index in [1.807, 2.05) is 0 Å². The highest BCUT2D eigenvalue weighted by Gasteiger charge is 2.10. The summed E-state index contributed by atoms with van der Waals surface area (Å²) in [5.74, 6) is 0.160. The first-order valence-electron chi connectivity index (χ1n) is 6.21. The fourth-order valence-electron chi connectivity index (χ4n) is 1.80. The van der Waals surface area contributed by atoms with Gasteiger partial charge in [0.05, 0.1) is 6.20 Å². The number of nitrogens with two attached hydrogens (primary N) is 1. The van der Waals surface area contributed by atoms with E-state index in [1.165, 1.54) is 16.8 Å². The topological polar surface area (TPSA) is 68.2 Å². The van der Waals surface area contributed by atoms with Crippen LogP contribution >= 0.6 is 0 Å². The van der Waals surface area contributed by atoms with E-state index in [4.69, 9.17) is 5.73 Å². The molecule has 0 saturated carbocycles. The number of pyridine rings is 1. The average molecular weight is 251 g/mol. The predicted molar refractivity (Wildman–Crippen MR) is 68.9 cm³/mol. The quantitative estimate of drug-likeness (QED) is 0.821. The Balaban J connectivity index is 2.10. The standard InChI is InChI=1S/C12H18FN5/c1-2-3-4-10(7-14)15-12-16-11-6-5-9(13)8-18(11)17-12/h5-6,8,10H,2-4,7,14H2,1H3,(H,15,17). The minimum atomic E-state index is -0.333. The van der Waals surface area contributed by atoms with Gasteiger partial charge in [-0.05, 0) is 18.6 Å². The van der Waals surface area contributed by atoms with E-state index in [0.29, 0.717) is 18.1 Å². The molecule has 2 heterocycles. The van der Waals surface area contributed by atoms with E-state index in [2.05, 4.69) is 22.3 Å². The highest BCUT2D eigenvalue weighted by molar-refractivity contribution is 5.43. The van der Waals surface area contributed by atoms with E-state index in [0.717, 1.165) is 19.3 Å². The molecule has 0 spiro atoms. The van der Waals surface area contributed by atoms with Gasteiger partial charge in [-0.25, -0.2) is 8.91 Å². The number of hydrogen-bond acceptors (Lipinski definition) is 4. The van der Waals surface area contributed by atoms with E-state index in [1.54, 1.807) is 6.07 Å². The molecular weight excluding hydrogens is 233 g/mol. The number of hydrogen-bond donors (Lipinski definition) is 2. The zero-order chi connectivity index (χ0) is 13.0. The number of aromatic nitrogens is 3. The molecule has 2 aromatic heterocycles. The van der Waals surface area contributed by atoms with Crippen LogP contribution in [0.4, 0.5) is 10.3 Å². The Labute approximate surface area is 105 Å². The minimum Gasteiger partial charge on any atom is -0.349 e. The summed E-state index contributed by atoms with van der Waals surface area (Å²) in [7, 11) is 0. The molecule has 2 rings (SSSR count). The first kappa shape index (κ1) is 12.8. The lowest BCUT2D eigenvalue weighted by Gasteiger charge is -2.14. The summed E-state index contributed by atoms with van der Waals surface area (Å²) >= 11 is 0. The Morgan fingerprint density at radius 2 is 2.33 bits per heavy atom. The number of unbranched alkanes of at least 4 members (excludes halogenated alkanes) is 1. The summed E-state index contributed by atoms with van der Waals surface area (Å²) < 4.78 is 14.4. The molecule has 1 unspecified atom stereocenters. The smallest absolute Gasteiger partial charge is 0.243 e. The normalized spacial score (nSPS) is 12.8. The molecule has 0 aliphatic carbocycles. The molecule has 0 fully saturated rings. The number of rotatable bonds is 6. The summed E-state index contributed by atoms with van der Waals surface area (Å²) in [6.07, 6.45) is 4.52. The fraction of sp³-hybridized carbons (Fsp3) is 0.500. The van der Waals surface area contributed by atoms with E-state index < -0.39 is 0 Å². The lowest BCUT2D eigenvalue weighted by atomic mass is 10.1. The Kier molecular flexibility index (Phi) is 4.09. The summed E-state index contributed by atoms with van der Waals surface area (Å²) in [5, 5.41) is 7.35. The van der Waals surface area contributed by atoms with Crippen molar-refractivity contribution in [3.8, 4) is 0 Å². The molecule has 5 nitrogen and oxygen atoms in total. The van der Waals surface area contributed by atoms with E-state index >= 15 is 0 Å². The van der Waals surface area contributed by atoms with E-state index in [9.17, 15) is 4.39 Å². The third-order valence-electron chi connectivity index (χ3n) is 2.82. The molecule has 18 heavy (non-hydrogen) atoms. The van der Waals surface area contributed by atoms with Crippen molar-refractivity contribution in [2.45, 2.75) is 32.2 Å². The monoisotopic (exact) mass is 251 g/mol.